The standard InChI is InChI=1S/C26H44O5Si/c1-17-9-12-21-25(5,19(17)11-10-18-20(27)15-30-23(18)29)14-13-22(28)26(21,6)16-31-32(7,8)24(2,3)4/h10,19-22,27-28H,1,9,11-16H2,2-8H3/b18-10+/t19-,20-,21+,22-,25+,26+/m1/s1. The maximum Gasteiger partial charge on any atom is 0.336 e. The number of allylic oxidation sites excluding steroid dienone is 2. The third-order valence-corrected chi connectivity index (χ3v) is 13.9. The maximum absolute atomic E-state index is 12.0. The second-order valence-electron chi connectivity index (χ2n) is 12.4. The van der Waals surface area contributed by atoms with E-state index in [1.54, 1.807) is 0 Å². The highest BCUT2D eigenvalue weighted by atomic mass is 28.4. The summed E-state index contributed by atoms with van der Waals surface area (Å²) in [4.78, 5) is 12.0. The molecule has 0 bridgehead atoms. The van der Waals surface area contributed by atoms with Crippen LogP contribution in [0.3, 0.4) is 0 Å². The summed E-state index contributed by atoms with van der Waals surface area (Å²) >= 11 is 0. The van der Waals surface area contributed by atoms with Gasteiger partial charge in [0.2, 0.25) is 0 Å². The van der Waals surface area contributed by atoms with Gasteiger partial charge in [0, 0.05) is 12.0 Å². The number of carbonyl (C=O) groups excluding carboxylic acids is 1. The van der Waals surface area contributed by atoms with Crippen LogP contribution in [0, 0.1) is 22.7 Å². The van der Waals surface area contributed by atoms with Crippen molar-refractivity contribution in [2.45, 2.75) is 97.1 Å². The molecule has 0 spiro atoms. The highest BCUT2D eigenvalue weighted by Gasteiger charge is 2.58. The lowest BCUT2D eigenvalue weighted by Gasteiger charge is -2.60. The van der Waals surface area contributed by atoms with E-state index in [0.29, 0.717) is 24.5 Å². The summed E-state index contributed by atoms with van der Waals surface area (Å²) in [6.07, 6.45) is 4.91. The Bertz CT molecular complexity index is 782. The summed E-state index contributed by atoms with van der Waals surface area (Å²) in [7, 11) is -1.94. The third kappa shape index (κ3) is 4.40. The minimum Gasteiger partial charge on any atom is -0.459 e. The van der Waals surface area contributed by atoms with E-state index in [1.807, 2.05) is 6.08 Å². The Morgan fingerprint density at radius 2 is 1.91 bits per heavy atom. The van der Waals surface area contributed by atoms with Crippen LogP contribution in [0.4, 0.5) is 0 Å². The number of rotatable bonds is 5. The number of aliphatic hydroxyl groups is 2. The molecule has 0 aromatic carbocycles. The first-order chi connectivity index (χ1) is 14.6. The number of hydrogen-bond donors (Lipinski definition) is 2. The van der Waals surface area contributed by atoms with E-state index in [9.17, 15) is 15.0 Å². The first kappa shape index (κ1) is 25.7. The van der Waals surface area contributed by atoms with Gasteiger partial charge in [-0.05, 0) is 67.5 Å². The van der Waals surface area contributed by atoms with Crippen molar-refractivity contribution in [1.82, 2.24) is 0 Å². The molecule has 0 aromatic rings. The third-order valence-electron chi connectivity index (χ3n) is 9.44. The first-order valence-corrected chi connectivity index (χ1v) is 15.1. The van der Waals surface area contributed by atoms with Crippen LogP contribution >= 0.6 is 0 Å². The molecule has 3 aliphatic rings. The molecule has 2 saturated carbocycles. The second kappa shape index (κ2) is 8.68. The lowest BCUT2D eigenvalue weighted by molar-refractivity contribution is -0.148. The van der Waals surface area contributed by atoms with Gasteiger partial charge in [-0.1, -0.05) is 52.8 Å². The summed E-state index contributed by atoms with van der Waals surface area (Å²) in [6.45, 7) is 20.9. The van der Waals surface area contributed by atoms with Gasteiger partial charge in [0.25, 0.3) is 0 Å². The monoisotopic (exact) mass is 464 g/mol. The van der Waals surface area contributed by atoms with Crippen LogP contribution < -0.4 is 0 Å². The van der Waals surface area contributed by atoms with Crippen LogP contribution in [-0.4, -0.2) is 49.9 Å². The van der Waals surface area contributed by atoms with E-state index in [-0.39, 0.29) is 34.5 Å². The summed E-state index contributed by atoms with van der Waals surface area (Å²) in [5, 5.41) is 21.4. The van der Waals surface area contributed by atoms with E-state index in [0.717, 1.165) is 25.7 Å². The molecule has 3 fully saturated rings. The van der Waals surface area contributed by atoms with Crippen molar-refractivity contribution >= 4 is 14.3 Å². The molecule has 6 atom stereocenters. The number of aliphatic hydroxyl groups excluding tert-OH is 2. The Kier molecular flexibility index (Phi) is 6.96. The summed E-state index contributed by atoms with van der Waals surface area (Å²) in [6, 6.07) is 0. The molecule has 0 radical (unpaired) electrons. The Morgan fingerprint density at radius 3 is 2.47 bits per heavy atom. The number of carbonyl (C=O) groups is 1. The molecule has 182 valence electrons. The summed E-state index contributed by atoms with van der Waals surface area (Å²) in [5.41, 5.74) is 1.24. The second-order valence-corrected chi connectivity index (χ2v) is 17.2. The Morgan fingerprint density at radius 1 is 1.25 bits per heavy atom. The van der Waals surface area contributed by atoms with Crippen LogP contribution in [0.15, 0.2) is 23.8 Å². The van der Waals surface area contributed by atoms with Crippen LogP contribution in [0.1, 0.15) is 66.7 Å². The fourth-order valence-corrected chi connectivity index (χ4v) is 7.20. The molecule has 32 heavy (non-hydrogen) atoms. The number of esters is 1. The quantitative estimate of drug-likeness (QED) is 0.259. The highest BCUT2D eigenvalue weighted by molar-refractivity contribution is 6.74. The van der Waals surface area contributed by atoms with Crippen molar-refractivity contribution in [2.75, 3.05) is 13.2 Å². The van der Waals surface area contributed by atoms with Gasteiger partial charge in [-0.2, -0.15) is 0 Å². The van der Waals surface area contributed by atoms with Gasteiger partial charge in [0.1, 0.15) is 12.7 Å². The molecule has 1 saturated heterocycles. The fourth-order valence-electron chi connectivity index (χ4n) is 6.10. The Hall–Kier alpha value is -0.953. The average molecular weight is 465 g/mol. The maximum atomic E-state index is 12.0. The lowest BCUT2D eigenvalue weighted by atomic mass is 9.46. The largest absolute Gasteiger partial charge is 0.459 e. The minimum absolute atomic E-state index is 0.0371. The zero-order chi connectivity index (χ0) is 24.1. The van der Waals surface area contributed by atoms with Gasteiger partial charge in [0.05, 0.1) is 11.7 Å². The molecule has 2 aliphatic carbocycles. The van der Waals surface area contributed by atoms with E-state index in [2.05, 4.69) is 54.3 Å². The molecule has 1 aliphatic heterocycles. The van der Waals surface area contributed by atoms with Crippen LogP contribution in [0.25, 0.3) is 0 Å². The summed E-state index contributed by atoms with van der Waals surface area (Å²) < 4.78 is 11.7. The normalized spacial score (nSPS) is 39.8. The van der Waals surface area contributed by atoms with Crippen molar-refractivity contribution in [2.24, 2.45) is 22.7 Å². The molecule has 6 heteroatoms. The Balaban J connectivity index is 1.87. The molecule has 1 heterocycles. The van der Waals surface area contributed by atoms with Crippen LogP contribution in [-0.2, 0) is 14.0 Å². The van der Waals surface area contributed by atoms with Crippen molar-refractivity contribution in [3.8, 4) is 0 Å². The van der Waals surface area contributed by atoms with Gasteiger partial charge in [0.15, 0.2) is 8.32 Å². The van der Waals surface area contributed by atoms with Gasteiger partial charge in [-0.15, -0.1) is 0 Å². The van der Waals surface area contributed by atoms with Crippen LogP contribution in [0.5, 0.6) is 0 Å². The van der Waals surface area contributed by atoms with Crippen molar-refractivity contribution in [3.63, 3.8) is 0 Å². The molecular weight excluding hydrogens is 420 g/mol. The van der Waals surface area contributed by atoms with E-state index in [4.69, 9.17) is 9.16 Å². The van der Waals surface area contributed by atoms with Gasteiger partial charge >= 0.3 is 5.97 Å². The minimum atomic E-state index is -1.94. The predicted octanol–water partition coefficient (Wildman–Crippen LogP) is 4.99. The number of hydrogen-bond acceptors (Lipinski definition) is 5. The molecule has 0 aromatic heterocycles. The first-order valence-electron chi connectivity index (χ1n) is 12.2. The van der Waals surface area contributed by atoms with Gasteiger partial charge in [-0.25, -0.2) is 4.79 Å². The fraction of sp³-hybridized carbons (Fsp3) is 0.808. The Labute approximate surface area is 195 Å². The zero-order valence-corrected chi connectivity index (χ0v) is 22.2. The molecule has 3 rings (SSSR count). The topological polar surface area (TPSA) is 76.0 Å². The lowest BCUT2D eigenvalue weighted by Crippen LogP contribution is -2.59. The van der Waals surface area contributed by atoms with Crippen LogP contribution in [0.2, 0.25) is 18.1 Å². The van der Waals surface area contributed by atoms with Gasteiger partial charge < -0.3 is 19.4 Å². The van der Waals surface area contributed by atoms with E-state index in [1.165, 1.54) is 5.57 Å². The van der Waals surface area contributed by atoms with Crippen molar-refractivity contribution < 1.29 is 24.2 Å². The number of cyclic esters (lactones) is 1. The van der Waals surface area contributed by atoms with E-state index >= 15 is 0 Å². The smallest absolute Gasteiger partial charge is 0.336 e. The van der Waals surface area contributed by atoms with Crippen molar-refractivity contribution in [1.29, 1.82) is 0 Å². The number of ether oxygens (including phenoxy) is 1. The predicted molar refractivity (Wildman–Crippen MR) is 130 cm³/mol. The van der Waals surface area contributed by atoms with Gasteiger partial charge in [-0.3, -0.25) is 0 Å². The summed E-state index contributed by atoms with van der Waals surface area (Å²) in [5.74, 6) is 0.0965. The number of fused-ring (bicyclic) bond motifs is 1. The molecule has 0 unspecified atom stereocenters. The SMILES string of the molecule is C=C1CC[C@@H]2[C@](C)(CO[Si](C)(C)C(C)(C)C)[C@H](O)CC[C@@]2(C)[C@@H]1C/C=C1/C(=O)OC[C@H]1O. The molecule has 5 nitrogen and oxygen atoms in total. The molecule has 2 N–H and O–H groups in total. The zero-order valence-electron chi connectivity index (χ0n) is 21.2. The molecular formula is C26H44O5Si. The molecule has 0 amide bonds. The van der Waals surface area contributed by atoms with E-state index < -0.39 is 20.4 Å². The average Bonchev–Trinajstić information content (AvgIpc) is 3.00. The van der Waals surface area contributed by atoms with Crippen molar-refractivity contribution in [3.05, 3.63) is 23.8 Å². The highest BCUT2D eigenvalue weighted by Crippen LogP contribution is 2.62.